The summed E-state index contributed by atoms with van der Waals surface area (Å²) in [6.45, 7) is 0.649. The van der Waals surface area contributed by atoms with E-state index in [4.69, 9.17) is 9.84 Å². The molecule has 0 spiro atoms. The zero-order valence-electron chi connectivity index (χ0n) is 15.1. The van der Waals surface area contributed by atoms with Gasteiger partial charge in [-0.25, -0.2) is 0 Å². The van der Waals surface area contributed by atoms with E-state index in [0.29, 0.717) is 13.0 Å². The maximum Gasteiger partial charge on any atom is 0.303 e. The van der Waals surface area contributed by atoms with Crippen molar-refractivity contribution in [3.05, 3.63) is 76.9 Å². The van der Waals surface area contributed by atoms with Gasteiger partial charge < -0.3 is 9.84 Å². The van der Waals surface area contributed by atoms with Crippen LogP contribution in [0.5, 0.6) is 5.75 Å². The summed E-state index contributed by atoms with van der Waals surface area (Å²) in [6.07, 6.45) is 6.54. The van der Waals surface area contributed by atoms with Crippen molar-refractivity contribution < 1.29 is 14.6 Å². The molecule has 3 rings (SSSR count). The summed E-state index contributed by atoms with van der Waals surface area (Å²) in [6, 6.07) is 18.4. The van der Waals surface area contributed by atoms with Gasteiger partial charge >= 0.3 is 5.97 Å². The minimum atomic E-state index is -0.763. The lowest BCUT2D eigenvalue weighted by Crippen LogP contribution is -2.10. The first-order chi connectivity index (χ1) is 12.7. The Bertz CT molecular complexity index is 745. The number of aryl methyl sites for hydroxylation is 1. The van der Waals surface area contributed by atoms with Crippen LogP contribution < -0.4 is 4.74 Å². The highest BCUT2D eigenvalue weighted by Gasteiger charge is 2.14. The number of hydrogen-bond donors (Lipinski definition) is 1. The molecule has 0 saturated heterocycles. The first-order valence-electron chi connectivity index (χ1n) is 9.38. The average molecular weight is 350 g/mol. The van der Waals surface area contributed by atoms with Crippen molar-refractivity contribution in [2.24, 2.45) is 0 Å². The molecule has 0 aromatic heterocycles. The summed E-state index contributed by atoms with van der Waals surface area (Å²) in [5.74, 6) is 0.0849. The van der Waals surface area contributed by atoms with E-state index in [9.17, 15) is 4.79 Å². The van der Waals surface area contributed by atoms with Gasteiger partial charge in [0.25, 0.3) is 0 Å². The number of carboxylic acids is 1. The van der Waals surface area contributed by atoms with E-state index in [2.05, 4.69) is 30.3 Å². The summed E-state index contributed by atoms with van der Waals surface area (Å²) in [7, 11) is 0. The summed E-state index contributed by atoms with van der Waals surface area (Å²) >= 11 is 0. The monoisotopic (exact) mass is 350 g/mol. The second kappa shape index (κ2) is 9.23. The number of aliphatic carboxylic acids is 1. The lowest BCUT2D eigenvalue weighted by Gasteiger charge is -2.21. The zero-order chi connectivity index (χ0) is 18.2. The molecule has 3 heteroatoms. The summed E-state index contributed by atoms with van der Waals surface area (Å²) < 4.78 is 6.02. The topological polar surface area (TPSA) is 46.5 Å². The Balaban J connectivity index is 1.60. The van der Waals surface area contributed by atoms with E-state index in [-0.39, 0.29) is 6.42 Å². The SMILES string of the molecule is O=C(O)CCc1ccc(OCC2=C(Cc3ccccc3)CCCC2)cc1. The largest absolute Gasteiger partial charge is 0.489 e. The van der Waals surface area contributed by atoms with E-state index >= 15 is 0 Å². The molecule has 0 fully saturated rings. The molecule has 2 aromatic carbocycles. The van der Waals surface area contributed by atoms with Gasteiger partial charge in [-0.15, -0.1) is 0 Å². The van der Waals surface area contributed by atoms with Crippen LogP contribution >= 0.6 is 0 Å². The Labute approximate surface area is 155 Å². The van der Waals surface area contributed by atoms with E-state index < -0.39 is 5.97 Å². The van der Waals surface area contributed by atoms with Gasteiger partial charge in [0.15, 0.2) is 0 Å². The van der Waals surface area contributed by atoms with Crippen LogP contribution in [0.25, 0.3) is 0 Å². The molecule has 1 N–H and O–H groups in total. The molecule has 0 bridgehead atoms. The predicted molar refractivity (Wildman–Crippen MR) is 104 cm³/mol. The highest BCUT2D eigenvalue weighted by molar-refractivity contribution is 5.67. The Kier molecular flexibility index (Phi) is 6.48. The van der Waals surface area contributed by atoms with Gasteiger partial charge in [0, 0.05) is 6.42 Å². The molecule has 2 aromatic rings. The van der Waals surface area contributed by atoms with Gasteiger partial charge in [0.2, 0.25) is 0 Å². The van der Waals surface area contributed by atoms with E-state index in [0.717, 1.165) is 24.2 Å². The molecule has 0 radical (unpaired) electrons. The first kappa shape index (κ1) is 18.2. The van der Waals surface area contributed by atoms with Crippen LogP contribution in [0.2, 0.25) is 0 Å². The van der Waals surface area contributed by atoms with Crippen molar-refractivity contribution in [2.75, 3.05) is 6.61 Å². The fraction of sp³-hybridized carbons (Fsp3) is 0.348. The van der Waals surface area contributed by atoms with Crippen molar-refractivity contribution in [3.8, 4) is 5.75 Å². The fourth-order valence-corrected chi connectivity index (χ4v) is 3.43. The van der Waals surface area contributed by atoms with Crippen LogP contribution in [-0.4, -0.2) is 17.7 Å². The van der Waals surface area contributed by atoms with Gasteiger partial charge in [0.1, 0.15) is 12.4 Å². The average Bonchev–Trinajstić information content (AvgIpc) is 2.67. The fourth-order valence-electron chi connectivity index (χ4n) is 3.43. The lowest BCUT2D eigenvalue weighted by atomic mass is 9.88. The maximum atomic E-state index is 10.6. The Morgan fingerprint density at radius 1 is 0.885 bits per heavy atom. The highest BCUT2D eigenvalue weighted by atomic mass is 16.5. The third-order valence-electron chi connectivity index (χ3n) is 4.93. The number of hydrogen-bond acceptors (Lipinski definition) is 2. The first-order valence-corrected chi connectivity index (χ1v) is 9.38. The van der Waals surface area contributed by atoms with Crippen LogP contribution in [0.1, 0.15) is 43.2 Å². The lowest BCUT2D eigenvalue weighted by molar-refractivity contribution is -0.136. The number of benzene rings is 2. The molecule has 1 aliphatic carbocycles. The molecule has 3 nitrogen and oxygen atoms in total. The van der Waals surface area contributed by atoms with Crippen LogP contribution in [0.4, 0.5) is 0 Å². The third kappa shape index (κ3) is 5.48. The molecule has 26 heavy (non-hydrogen) atoms. The van der Waals surface area contributed by atoms with Crippen molar-refractivity contribution in [1.29, 1.82) is 0 Å². The minimum Gasteiger partial charge on any atom is -0.489 e. The van der Waals surface area contributed by atoms with Crippen LogP contribution in [0.15, 0.2) is 65.7 Å². The summed E-state index contributed by atoms with van der Waals surface area (Å²) in [5, 5.41) is 8.76. The zero-order valence-corrected chi connectivity index (χ0v) is 15.1. The van der Waals surface area contributed by atoms with Crippen molar-refractivity contribution >= 4 is 5.97 Å². The van der Waals surface area contributed by atoms with Crippen LogP contribution in [0.3, 0.4) is 0 Å². The second-order valence-electron chi connectivity index (χ2n) is 6.90. The molecule has 0 amide bonds. The summed E-state index contributed by atoms with van der Waals surface area (Å²) in [5.41, 5.74) is 5.36. The number of carboxylic acid groups (broad SMARTS) is 1. The van der Waals surface area contributed by atoms with Crippen molar-refractivity contribution in [1.82, 2.24) is 0 Å². The van der Waals surface area contributed by atoms with E-state index in [1.807, 2.05) is 24.3 Å². The molecular weight excluding hydrogens is 324 g/mol. The maximum absolute atomic E-state index is 10.6. The van der Waals surface area contributed by atoms with Crippen LogP contribution in [-0.2, 0) is 17.6 Å². The number of rotatable bonds is 8. The summed E-state index contributed by atoms with van der Waals surface area (Å²) in [4.78, 5) is 10.6. The molecule has 136 valence electrons. The van der Waals surface area contributed by atoms with Gasteiger partial charge in [-0.05, 0) is 67.4 Å². The molecule has 1 aliphatic rings. The number of carbonyl (C=O) groups is 1. The van der Waals surface area contributed by atoms with Gasteiger partial charge in [-0.2, -0.15) is 0 Å². The van der Waals surface area contributed by atoms with E-state index in [1.165, 1.54) is 36.0 Å². The smallest absolute Gasteiger partial charge is 0.303 e. The van der Waals surface area contributed by atoms with Crippen molar-refractivity contribution in [3.63, 3.8) is 0 Å². The second-order valence-corrected chi connectivity index (χ2v) is 6.90. The molecule has 0 heterocycles. The normalized spacial score (nSPS) is 14.3. The molecule has 0 saturated carbocycles. The van der Waals surface area contributed by atoms with Crippen LogP contribution in [0, 0.1) is 0 Å². The standard InChI is InChI=1S/C23H26O3/c24-23(25)15-12-18-10-13-22(14-11-18)26-17-21-9-5-4-8-20(21)16-19-6-2-1-3-7-19/h1-3,6-7,10-11,13-14H,4-5,8-9,12,15-17H2,(H,24,25). The van der Waals surface area contributed by atoms with Gasteiger partial charge in [-0.3, -0.25) is 4.79 Å². The number of allylic oxidation sites excluding steroid dienone is 1. The third-order valence-corrected chi connectivity index (χ3v) is 4.93. The van der Waals surface area contributed by atoms with Crippen molar-refractivity contribution in [2.45, 2.75) is 44.9 Å². The molecular formula is C23H26O3. The minimum absolute atomic E-state index is 0.163. The van der Waals surface area contributed by atoms with E-state index in [1.54, 1.807) is 0 Å². The molecule has 0 unspecified atom stereocenters. The van der Waals surface area contributed by atoms with Gasteiger partial charge in [-0.1, -0.05) is 48.0 Å². The Hall–Kier alpha value is -2.55. The van der Waals surface area contributed by atoms with Gasteiger partial charge in [0.05, 0.1) is 0 Å². The Morgan fingerprint density at radius 2 is 1.58 bits per heavy atom. The quantitative estimate of drug-likeness (QED) is 0.666. The number of ether oxygens (including phenoxy) is 1. The Morgan fingerprint density at radius 3 is 2.27 bits per heavy atom. The molecule has 0 atom stereocenters. The predicted octanol–water partition coefficient (Wildman–Crippen LogP) is 5.20. The molecule has 0 aliphatic heterocycles. The highest BCUT2D eigenvalue weighted by Crippen LogP contribution is 2.28.